The summed E-state index contributed by atoms with van der Waals surface area (Å²) in [7, 11) is 0. The molecular weight excluding hydrogens is 524 g/mol. The molecule has 4 nitrogen and oxygen atoms in total. The highest BCUT2D eigenvalue weighted by molar-refractivity contribution is 6.33. The molecule has 0 heterocycles. The fourth-order valence-electron chi connectivity index (χ4n) is 3.60. The van der Waals surface area contributed by atoms with Crippen molar-refractivity contribution in [1.29, 1.82) is 0 Å². The number of alkyl halides is 6. The van der Waals surface area contributed by atoms with Crippen LogP contribution in [0.2, 0.25) is 5.02 Å². The number of carbonyl (C=O) groups excluding carboxylic acids is 2. The van der Waals surface area contributed by atoms with Crippen LogP contribution in [-0.2, 0) is 27.2 Å². The average molecular weight is 552 g/mol. The summed E-state index contributed by atoms with van der Waals surface area (Å²) >= 11 is 6.16. The Kier molecular flexibility index (Phi) is 9.68. The van der Waals surface area contributed by atoms with Crippen molar-refractivity contribution in [2.75, 3.05) is 5.32 Å². The Morgan fingerprint density at radius 2 is 1.51 bits per heavy atom. The zero-order valence-electron chi connectivity index (χ0n) is 20.7. The zero-order chi connectivity index (χ0) is 28.2. The molecule has 0 aliphatic rings. The molecular formula is C26H28ClF6NO3. The second-order valence-corrected chi connectivity index (χ2v) is 10.1. The molecule has 2 rings (SSSR count). The van der Waals surface area contributed by atoms with E-state index >= 15 is 0 Å². The van der Waals surface area contributed by atoms with Gasteiger partial charge in [0.05, 0.1) is 29.0 Å². The summed E-state index contributed by atoms with van der Waals surface area (Å²) < 4.78 is 84.1. The highest BCUT2D eigenvalue weighted by Crippen LogP contribution is 2.39. The standard InChI is InChI=1S/C26H28ClF6NO3/c1-15(26(31,32)33)22(18-9-5-17(6-10-18)14-25(28,29)30)23(36)34-20-13-16(7-11-19(20)27)8-12-21(35)37-24(2,3)4/h5-7,9-11,13,15,22H,8,12,14H2,1-4H3,(H,34,36). The van der Waals surface area contributed by atoms with Crippen molar-refractivity contribution in [3.05, 3.63) is 64.2 Å². The van der Waals surface area contributed by atoms with Gasteiger partial charge in [-0.2, -0.15) is 26.3 Å². The normalized spacial score (nSPS) is 14.1. The third kappa shape index (κ3) is 9.91. The summed E-state index contributed by atoms with van der Waals surface area (Å²) in [5.74, 6) is -5.36. The fraction of sp³-hybridized carbons (Fsp3) is 0.462. The molecule has 0 saturated heterocycles. The predicted octanol–water partition coefficient (Wildman–Crippen LogP) is 7.64. The van der Waals surface area contributed by atoms with Gasteiger partial charge in [0.15, 0.2) is 0 Å². The van der Waals surface area contributed by atoms with Gasteiger partial charge in [-0.05, 0) is 56.0 Å². The van der Waals surface area contributed by atoms with Gasteiger partial charge in [-0.15, -0.1) is 0 Å². The van der Waals surface area contributed by atoms with Gasteiger partial charge in [0.25, 0.3) is 0 Å². The van der Waals surface area contributed by atoms with E-state index in [4.69, 9.17) is 16.3 Å². The number of amides is 1. The maximum absolute atomic E-state index is 13.6. The van der Waals surface area contributed by atoms with Crippen molar-refractivity contribution in [2.45, 2.75) is 70.8 Å². The Bertz CT molecular complexity index is 1090. The van der Waals surface area contributed by atoms with Crippen molar-refractivity contribution in [2.24, 2.45) is 5.92 Å². The number of carbonyl (C=O) groups is 2. The van der Waals surface area contributed by atoms with E-state index in [2.05, 4.69) is 5.32 Å². The lowest BCUT2D eigenvalue weighted by Gasteiger charge is -2.26. The van der Waals surface area contributed by atoms with Crippen molar-refractivity contribution in [3.8, 4) is 0 Å². The lowest BCUT2D eigenvalue weighted by atomic mass is 9.85. The summed E-state index contributed by atoms with van der Waals surface area (Å²) in [6.07, 6.45) is -10.2. The summed E-state index contributed by atoms with van der Waals surface area (Å²) in [5, 5.41) is 2.48. The zero-order valence-corrected chi connectivity index (χ0v) is 21.4. The quantitative estimate of drug-likeness (QED) is 0.271. The predicted molar refractivity (Wildman–Crippen MR) is 128 cm³/mol. The summed E-state index contributed by atoms with van der Waals surface area (Å²) in [6, 6.07) is 8.78. The second kappa shape index (κ2) is 11.8. The number of nitrogens with one attached hydrogen (secondary N) is 1. The van der Waals surface area contributed by atoms with Crippen LogP contribution in [0, 0.1) is 5.92 Å². The van der Waals surface area contributed by atoms with Gasteiger partial charge in [0.1, 0.15) is 5.60 Å². The summed E-state index contributed by atoms with van der Waals surface area (Å²) in [5.41, 5.74) is -0.268. The van der Waals surface area contributed by atoms with Crippen LogP contribution in [0.1, 0.15) is 56.7 Å². The number of halogens is 7. The van der Waals surface area contributed by atoms with E-state index in [-0.39, 0.29) is 34.7 Å². The number of anilines is 1. The molecule has 2 aromatic carbocycles. The maximum Gasteiger partial charge on any atom is 0.393 e. The molecule has 0 aliphatic carbocycles. The van der Waals surface area contributed by atoms with Gasteiger partial charge < -0.3 is 10.1 Å². The van der Waals surface area contributed by atoms with E-state index in [1.54, 1.807) is 26.8 Å². The van der Waals surface area contributed by atoms with Crippen LogP contribution in [0.3, 0.4) is 0 Å². The minimum absolute atomic E-state index is 0.0320. The second-order valence-electron chi connectivity index (χ2n) is 9.73. The van der Waals surface area contributed by atoms with E-state index in [1.165, 1.54) is 12.1 Å². The number of hydrogen-bond acceptors (Lipinski definition) is 3. The Morgan fingerprint density at radius 3 is 2.03 bits per heavy atom. The third-order valence-electron chi connectivity index (χ3n) is 5.37. The first-order valence-electron chi connectivity index (χ1n) is 11.4. The Balaban J connectivity index is 2.27. The van der Waals surface area contributed by atoms with E-state index < -0.39 is 48.1 Å². The van der Waals surface area contributed by atoms with Gasteiger partial charge in [-0.1, -0.05) is 48.9 Å². The Morgan fingerprint density at radius 1 is 0.946 bits per heavy atom. The van der Waals surface area contributed by atoms with Crippen LogP contribution in [0.25, 0.3) is 0 Å². The van der Waals surface area contributed by atoms with Crippen molar-refractivity contribution in [1.82, 2.24) is 0 Å². The van der Waals surface area contributed by atoms with E-state index in [0.29, 0.717) is 5.56 Å². The number of esters is 1. The fourth-order valence-corrected chi connectivity index (χ4v) is 3.77. The minimum atomic E-state index is -4.76. The summed E-state index contributed by atoms with van der Waals surface area (Å²) in [6.45, 7) is 6.00. The number of ether oxygens (including phenoxy) is 1. The van der Waals surface area contributed by atoms with Crippen LogP contribution in [0.15, 0.2) is 42.5 Å². The molecule has 0 aromatic heterocycles. The molecule has 0 bridgehead atoms. The molecule has 11 heteroatoms. The van der Waals surface area contributed by atoms with Crippen LogP contribution >= 0.6 is 11.6 Å². The molecule has 0 radical (unpaired) electrons. The molecule has 1 amide bonds. The Hall–Kier alpha value is -2.75. The number of rotatable bonds is 8. The topological polar surface area (TPSA) is 55.4 Å². The van der Waals surface area contributed by atoms with Crippen LogP contribution in [0.5, 0.6) is 0 Å². The van der Waals surface area contributed by atoms with Gasteiger partial charge in [0, 0.05) is 6.42 Å². The summed E-state index contributed by atoms with van der Waals surface area (Å²) in [4.78, 5) is 25.1. The smallest absolute Gasteiger partial charge is 0.393 e. The molecule has 2 atom stereocenters. The lowest BCUT2D eigenvalue weighted by molar-refractivity contribution is -0.178. The van der Waals surface area contributed by atoms with Gasteiger partial charge in [0.2, 0.25) is 5.91 Å². The first kappa shape index (κ1) is 30.5. The molecule has 1 N–H and O–H groups in total. The molecule has 0 aliphatic heterocycles. The van der Waals surface area contributed by atoms with Crippen LogP contribution in [-0.4, -0.2) is 29.8 Å². The maximum atomic E-state index is 13.6. The highest BCUT2D eigenvalue weighted by Gasteiger charge is 2.45. The van der Waals surface area contributed by atoms with Crippen molar-refractivity contribution < 1.29 is 40.7 Å². The van der Waals surface area contributed by atoms with Gasteiger partial charge >= 0.3 is 18.3 Å². The Labute approximate surface area is 216 Å². The van der Waals surface area contributed by atoms with E-state index in [0.717, 1.165) is 31.2 Å². The van der Waals surface area contributed by atoms with Crippen molar-refractivity contribution in [3.63, 3.8) is 0 Å². The third-order valence-corrected chi connectivity index (χ3v) is 5.70. The molecule has 0 spiro atoms. The SMILES string of the molecule is CC(C(C(=O)Nc1cc(CCC(=O)OC(C)(C)C)ccc1Cl)c1ccc(CC(F)(F)F)cc1)C(F)(F)F. The number of benzene rings is 2. The van der Waals surface area contributed by atoms with E-state index in [9.17, 15) is 35.9 Å². The number of hydrogen-bond donors (Lipinski definition) is 1. The monoisotopic (exact) mass is 551 g/mol. The van der Waals surface area contributed by atoms with Crippen LogP contribution in [0.4, 0.5) is 32.0 Å². The first-order valence-corrected chi connectivity index (χ1v) is 11.8. The molecule has 2 aromatic rings. The van der Waals surface area contributed by atoms with Crippen LogP contribution < -0.4 is 5.32 Å². The molecule has 204 valence electrons. The molecule has 37 heavy (non-hydrogen) atoms. The lowest BCUT2D eigenvalue weighted by Crippen LogP contribution is -2.34. The van der Waals surface area contributed by atoms with Gasteiger partial charge in [-0.3, -0.25) is 9.59 Å². The van der Waals surface area contributed by atoms with Gasteiger partial charge in [-0.25, -0.2) is 0 Å². The van der Waals surface area contributed by atoms with E-state index in [1.807, 2.05) is 0 Å². The molecule has 2 unspecified atom stereocenters. The highest BCUT2D eigenvalue weighted by atomic mass is 35.5. The first-order chi connectivity index (χ1) is 16.9. The molecule has 0 fully saturated rings. The molecule has 0 saturated carbocycles. The number of aryl methyl sites for hydroxylation is 1. The largest absolute Gasteiger partial charge is 0.460 e. The minimum Gasteiger partial charge on any atom is -0.460 e. The average Bonchev–Trinajstić information content (AvgIpc) is 2.72. The van der Waals surface area contributed by atoms with Crippen molar-refractivity contribution >= 4 is 29.2 Å².